The molecule has 0 N–H and O–H groups in total. The molecule has 9 nitrogen and oxygen atoms in total. The summed E-state index contributed by atoms with van der Waals surface area (Å²) in [5.74, 6) is 2.39. The maximum absolute atomic E-state index is 4.44. The van der Waals surface area contributed by atoms with Gasteiger partial charge in [0.15, 0.2) is 5.82 Å². The van der Waals surface area contributed by atoms with Gasteiger partial charge in [-0.25, -0.2) is 9.67 Å². The van der Waals surface area contributed by atoms with Gasteiger partial charge in [0, 0.05) is 26.1 Å². The Kier molecular flexibility index (Phi) is 4.43. The van der Waals surface area contributed by atoms with Crippen molar-refractivity contribution in [2.24, 2.45) is 7.05 Å². The topological polar surface area (TPSA) is 90.4 Å². The van der Waals surface area contributed by atoms with Gasteiger partial charge in [0.1, 0.15) is 30.0 Å². The van der Waals surface area contributed by atoms with Crippen molar-refractivity contribution in [2.75, 3.05) is 18.0 Å². The second-order valence-corrected chi connectivity index (χ2v) is 7.26. The van der Waals surface area contributed by atoms with Crippen LogP contribution in [0.2, 0.25) is 0 Å². The van der Waals surface area contributed by atoms with E-state index in [4.69, 9.17) is 0 Å². The molecule has 0 aromatic carbocycles. The van der Waals surface area contributed by atoms with Gasteiger partial charge in [0.05, 0.1) is 0 Å². The summed E-state index contributed by atoms with van der Waals surface area (Å²) in [5, 5.41) is 23.6. The molecule has 0 bridgehead atoms. The predicted octanol–water partition coefficient (Wildman–Crippen LogP) is 1.25. The average Bonchev–Trinajstić information content (AvgIpc) is 3.38. The summed E-state index contributed by atoms with van der Waals surface area (Å²) in [6.45, 7) is 4.66. The Morgan fingerprint density at radius 3 is 2.68 bits per heavy atom. The highest BCUT2D eigenvalue weighted by molar-refractivity contribution is 7.15. The van der Waals surface area contributed by atoms with Gasteiger partial charge in [-0.15, -0.1) is 20.4 Å². The Balaban J connectivity index is 1.41. The Morgan fingerprint density at radius 1 is 1.16 bits per heavy atom. The molecule has 0 unspecified atom stereocenters. The maximum Gasteiger partial charge on any atom is 0.208 e. The summed E-state index contributed by atoms with van der Waals surface area (Å²) in [5.41, 5.74) is 0. The van der Waals surface area contributed by atoms with Crippen LogP contribution in [0.15, 0.2) is 12.7 Å². The first-order chi connectivity index (χ1) is 12.2. The lowest BCUT2D eigenvalue weighted by atomic mass is 9.96. The van der Waals surface area contributed by atoms with Crippen molar-refractivity contribution in [1.82, 2.24) is 39.7 Å². The van der Waals surface area contributed by atoms with E-state index in [1.807, 2.05) is 7.05 Å². The Morgan fingerprint density at radius 2 is 2.00 bits per heavy atom. The molecular weight excluding hydrogens is 338 g/mol. The van der Waals surface area contributed by atoms with Gasteiger partial charge in [-0.1, -0.05) is 18.3 Å². The number of hydrogen-bond donors (Lipinski definition) is 0. The van der Waals surface area contributed by atoms with Crippen LogP contribution in [0.1, 0.15) is 42.3 Å². The van der Waals surface area contributed by atoms with E-state index in [1.54, 1.807) is 22.3 Å². The summed E-state index contributed by atoms with van der Waals surface area (Å²) >= 11 is 1.70. The third-order valence-corrected chi connectivity index (χ3v) is 5.79. The van der Waals surface area contributed by atoms with E-state index < -0.39 is 0 Å². The van der Waals surface area contributed by atoms with Crippen LogP contribution in [0.5, 0.6) is 0 Å². The van der Waals surface area contributed by atoms with E-state index in [2.05, 4.69) is 46.9 Å². The van der Waals surface area contributed by atoms with Crippen LogP contribution in [0.25, 0.3) is 0 Å². The van der Waals surface area contributed by atoms with Crippen molar-refractivity contribution in [2.45, 2.75) is 38.6 Å². The molecule has 0 aliphatic carbocycles. The lowest BCUT2D eigenvalue weighted by Crippen LogP contribution is -2.33. The van der Waals surface area contributed by atoms with Gasteiger partial charge in [-0.2, -0.15) is 5.10 Å². The van der Waals surface area contributed by atoms with Crippen molar-refractivity contribution in [3.63, 3.8) is 0 Å². The monoisotopic (exact) mass is 359 g/mol. The van der Waals surface area contributed by atoms with E-state index in [1.165, 1.54) is 6.33 Å². The fraction of sp³-hybridized carbons (Fsp3) is 0.600. The Labute approximate surface area is 149 Å². The van der Waals surface area contributed by atoms with Gasteiger partial charge in [0.2, 0.25) is 5.13 Å². The number of rotatable bonds is 5. The number of nitrogens with zero attached hydrogens (tertiary/aromatic N) is 9. The van der Waals surface area contributed by atoms with Crippen LogP contribution >= 0.6 is 11.3 Å². The van der Waals surface area contributed by atoms with Crippen molar-refractivity contribution >= 4 is 16.5 Å². The van der Waals surface area contributed by atoms with E-state index in [0.717, 1.165) is 54.1 Å². The molecule has 4 rings (SSSR count). The number of aromatic nitrogens is 8. The SMILES string of the molecule is CCc1nnc(N2CCC(c3nnc(Cn4cncn4)n3C)CC2)s1. The molecule has 1 aliphatic heterocycles. The fourth-order valence-electron chi connectivity index (χ4n) is 3.17. The number of hydrogen-bond acceptors (Lipinski definition) is 8. The first kappa shape index (κ1) is 16.1. The molecule has 3 aromatic rings. The number of anilines is 1. The smallest absolute Gasteiger partial charge is 0.208 e. The molecule has 1 saturated heterocycles. The molecule has 10 heteroatoms. The Hall–Kier alpha value is -2.36. The van der Waals surface area contributed by atoms with Gasteiger partial charge in [0.25, 0.3) is 0 Å². The highest BCUT2D eigenvalue weighted by Crippen LogP contribution is 2.31. The van der Waals surface area contributed by atoms with Crippen LogP contribution in [-0.2, 0) is 20.0 Å². The standard InChI is InChI=1S/C15H21N9S/c1-3-13-19-21-15(25-13)23-6-4-11(5-7-23)14-20-18-12(22(14)2)8-24-10-16-9-17-24/h9-11H,3-8H2,1-2H3. The predicted molar refractivity (Wildman–Crippen MR) is 93.6 cm³/mol. The van der Waals surface area contributed by atoms with E-state index in [-0.39, 0.29) is 0 Å². The van der Waals surface area contributed by atoms with Gasteiger partial charge >= 0.3 is 0 Å². The second-order valence-electron chi connectivity index (χ2n) is 6.22. The highest BCUT2D eigenvalue weighted by atomic mass is 32.1. The van der Waals surface area contributed by atoms with Crippen molar-refractivity contribution < 1.29 is 0 Å². The maximum atomic E-state index is 4.44. The average molecular weight is 359 g/mol. The third kappa shape index (κ3) is 3.26. The van der Waals surface area contributed by atoms with Crippen LogP contribution in [0.4, 0.5) is 5.13 Å². The molecule has 0 atom stereocenters. The number of piperidine rings is 1. The molecule has 1 fully saturated rings. The van der Waals surface area contributed by atoms with Gasteiger partial charge in [-0.3, -0.25) is 0 Å². The largest absolute Gasteiger partial charge is 0.347 e. The summed E-state index contributed by atoms with van der Waals surface area (Å²) in [6, 6.07) is 0. The highest BCUT2D eigenvalue weighted by Gasteiger charge is 2.26. The molecule has 25 heavy (non-hydrogen) atoms. The third-order valence-electron chi connectivity index (χ3n) is 4.66. The van der Waals surface area contributed by atoms with Gasteiger partial charge < -0.3 is 9.47 Å². The lowest BCUT2D eigenvalue weighted by Gasteiger charge is -2.30. The molecule has 0 amide bonds. The van der Waals surface area contributed by atoms with Crippen LogP contribution < -0.4 is 4.90 Å². The first-order valence-electron chi connectivity index (χ1n) is 8.52. The van der Waals surface area contributed by atoms with Crippen molar-refractivity contribution in [3.8, 4) is 0 Å². The van der Waals surface area contributed by atoms with E-state index >= 15 is 0 Å². The zero-order valence-electron chi connectivity index (χ0n) is 14.4. The summed E-state index contributed by atoms with van der Waals surface area (Å²) < 4.78 is 3.86. The second kappa shape index (κ2) is 6.87. The Bertz CT molecular complexity index is 814. The van der Waals surface area contributed by atoms with E-state index in [9.17, 15) is 0 Å². The first-order valence-corrected chi connectivity index (χ1v) is 9.34. The zero-order valence-corrected chi connectivity index (χ0v) is 15.2. The van der Waals surface area contributed by atoms with Crippen LogP contribution in [-0.4, -0.2) is 52.8 Å². The van der Waals surface area contributed by atoms with Gasteiger partial charge in [-0.05, 0) is 19.3 Å². The zero-order chi connectivity index (χ0) is 17.2. The van der Waals surface area contributed by atoms with Crippen molar-refractivity contribution in [1.29, 1.82) is 0 Å². The van der Waals surface area contributed by atoms with E-state index in [0.29, 0.717) is 12.5 Å². The molecule has 4 heterocycles. The minimum Gasteiger partial charge on any atom is -0.347 e. The summed E-state index contributed by atoms with van der Waals surface area (Å²) in [6.07, 6.45) is 6.28. The normalized spacial score (nSPS) is 15.8. The minimum absolute atomic E-state index is 0.428. The minimum atomic E-state index is 0.428. The summed E-state index contributed by atoms with van der Waals surface area (Å²) in [4.78, 5) is 6.30. The molecule has 3 aromatic heterocycles. The molecule has 0 spiro atoms. The van der Waals surface area contributed by atoms with Crippen LogP contribution in [0, 0.1) is 0 Å². The lowest BCUT2D eigenvalue weighted by molar-refractivity contribution is 0.470. The fourth-order valence-corrected chi connectivity index (χ4v) is 4.00. The quantitative estimate of drug-likeness (QED) is 0.677. The summed E-state index contributed by atoms with van der Waals surface area (Å²) in [7, 11) is 2.03. The van der Waals surface area contributed by atoms with Crippen LogP contribution in [0.3, 0.4) is 0 Å². The molecule has 0 radical (unpaired) electrons. The number of aryl methyl sites for hydroxylation is 1. The van der Waals surface area contributed by atoms with Crippen molar-refractivity contribution in [3.05, 3.63) is 29.3 Å². The molecule has 1 aliphatic rings. The molecule has 132 valence electrons. The molecule has 0 saturated carbocycles. The molecular formula is C15H21N9S.